The van der Waals surface area contributed by atoms with Gasteiger partial charge < -0.3 is 15.4 Å². The van der Waals surface area contributed by atoms with Crippen molar-refractivity contribution in [3.8, 4) is 0 Å². The Balaban J connectivity index is 1.74. The fourth-order valence-corrected chi connectivity index (χ4v) is 3.49. The maximum Gasteiger partial charge on any atom is 0.308 e. The average Bonchev–Trinajstić information content (AvgIpc) is 2.63. The number of nitrogens with one attached hydrogen (secondary N) is 2. The average molecular weight is 375 g/mol. The molecule has 0 spiro atoms. The molecular weight excluding hydrogens is 346 g/mol. The summed E-state index contributed by atoms with van der Waals surface area (Å²) < 4.78 is 4.76. The Kier molecular flexibility index (Phi) is 7.36. The third-order valence-electron chi connectivity index (χ3n) is 4.88. The van der Waals surface area contributed by atoms with E-state index in [-0.39, 0.29) is 36.8 Å². The summed E-state index contributed by atoms with van der Waals surface area (Å²) in [6.45, 7) is 7.41. The number of methoxy groups -OCH3 is 1. The lowest BCUT2D eigenvalue weighted by Crippen LogP contribution is -2.44. The predicted molar refractivity (Wildman–Crippen MR) is 103 cm³/mol. The summed E-state index contributed by atoms with van der Waals surface area (Å²) in [5, 5.41) is 5.53. The third-order valence-corrected chi connectivity index (χ3v) is 4.88. The Morgan fingerprint density at radius 1 is 1.07 bits per heavy atom. The van der Waals surface area contributed by atoms with Gasteiger partial charge in [0.2, 0.25) is 11.8 Å². The van der Waals surface area contributed by atoms with Crippen molar-refractivity contribution in [3.05, 3.63) is 28.8 Å². The third kappa shape index (κ3) is 6.06. The van der Waals surface area contributed by atoms with E-state index >= 15 is 0 Å². The molecule has 1 aliphatic heterocycles. The number of rotatable bonds is 6. The SMILES string of the molecule is COC(=O)C1CCN(CC(=O)NCC(=O)Nc2c(C)cc(C)cc2C)CC1. The first kappa shape index (κ1) is 20.9. The summed E-state index contributed by atoms with van der Waals surface area (Å²) in [5.74, 6) is -0.708. The molecule has 148 valence electrons. The van der Waals surface area contributed by atoms with Gasteiger partial charge in [-0.3, -0.25) is 19.3 Å². The predicted octanol–water partition coefficient (Wildman–Crippen LogP) is 1.55. The zero-order valence-corrected chi connectivity index (χ0v) is 16.6. The number of hydrogen-bond acceptors (Lipinski definition) is 5. The molecule has 7 heteroatoms. The van der Waals surface area contributed by atoms with Crippen LogP contribution in [0.5, 0.6) is 0 Å². The van der Waals surface area contributed by atoms with Gasteiger partial charge in [-0.25, -0.2) is 0 Å². The van der Waals surface area contributed by atoms with Gasteiger partial charge in [-0.05, 0) is 57.8 Å². The molecule has 0 aromatic heterocycles. The zero-order chi connectivity index (χ0) is 20.0. The number of piperidine rings is 1. The van der Waals surface area contributed by atoms with Crippen molar-refractivity contribution in [2.24, 2.45) is 5.92 Å². The number of anilines is 1. The van der Waals surface area contributed by atoms with Gasteiger partial charge in [0.05, 0.1) is 26.1 Å². The number of ether oxygens (including phenoxy) is 1. The van der Waals surface area contributed by atoms with Crippen LogP contribution in [0.1, 0.15) is 29.5 Å². The Morgan fingerprint density at radius 3 is 2.22 bits per heavy atom. The number of carbonyl (C=O) groups excluding carboxylic acids is 3. The Bertz CT molecular complexity index is 686. The monoisotopic (exact) mass is 375 g/mol. The van der Waals surface area contributed by atoms with Crippen LogP contribution in [0.25, 0.3) is 0 Å². The highest BCUT2D eigenvalue weighted by molar-refractivity contribution is 5.96. The van der Waals surface area contributed by atoms with E-state index in [4.69, 9.17) is 4.74 Å². The van der Waals surface area contributed by atoms with Gasteiger partial charge >= 0.3 is 5.97 Å². The lowest BCUT2D eigenvalue weighted by molar-refractivity contribution is -0.147. The normalized spacial score (nSPS) is 15.3. The number of benzene rings is 1. The summed E-state index contributed by atoms with van der Waals surface area (Å²) in [4.78, 5) is 37.8. The van der Waals surface area contributed by atoms with Gasteiger partial charge in [-0.2, -0.15) is 0 Å². The molecule has 1 fully saturated rings. The van der Waals surface area contributed by atoms with Gasteiger partial charge in [0.25, 0.3) is 0 Å². The van der Waals surface area contributed by atoms with E-state index in [2.05, 4.69) is 10.6 Å². The molecular formula is C20H29N3O4. The van der Waals surface area contributed by atoms with Crippen LogP contribution >= 0.6 is 0 Å². The molecule has 1 aliphatic rings. The van der Waals surface area contributed by atoms with Crippen molar-refractivity contribution in [1.82, 2.24) is 10.2 Å². The van der Waals surface area contributed by atoms with E-state index in [0.29, 0.717) is 25.9 Å². The highest BCUT2D eigenvalue weighted by Gasteiger charge is 2.26. The Morgan fingerprint density at radius 2 is 1.67 bits per heavy atom. The molecule has 0 radical (unpaired) electrons. The number of aryl methyl sites for hydroxylation is 3. The number of carbonyl (C=O) groups is 3. The molecule has 7 nitrogen and oxygen atoms in total. The highest BCUT2D eigenvalue weighted by Crippen LogP contribution is 2.21. The molecule has 0 unspecified atom stereocenters. The lowest BCUT2D eigenvalue weighted by Gasteiger charge is -2.29. The minimum Gasteiger partial charge on any atom is -0.469 e. The van der Waals surface area contributed by atoms with Crippen LogP contribution < -0.4 is 10.6 Å². The first-order chi connectivity index (χ1) is 12.8. The van der Waals surface area contributed by atoms with Crippen LogP contribution in [0, 0.1) is 26.7 Å². The quantitative estimate of drug-likeness (QED) is 0.737. The zero-order valence-electron chi connectivity index (χ0n) is 16.6. The molecule has 2 amide bonds. The van der Waals surface area contributed by atoms with Gasteiger partial charge in [-0.15, -0.1) is 0 Å². The molecule has 0 saturated carbocycles. The van der Waals surface area contributed by atoms with E-state index in [9.17, 15) is 14.4 Å². The number of nitrogens with zero attached hydrogens (tertiary/aromatic N) is 1. The second kappa shape index (κ2) is 9.50. The van der Waals surface area contributed by atoms with Crippen molar-refractivity contribution in [2.75, 3.05) is 38.6 Å². The van der Waals surface area contributed by atoms with Crippen LogP contribution in [-0.2, 0) is 19.1 Å². The number of esters is 1. The summed E-state index contributed by atoms with van der Waals surface area (Å²) in [6.07, 6.45) is 1.37. The highest BCUT2D eigenvalue weighted by atomic mass is 16.5. The van der Waals surface area contributed by atoms with Crippen LogP contribution in [0.4, 0.5) is 5.69 Å². The van der Waals surface area contributed by atoms with E-state index < -0.39 is 0 Å². The standard InChI is InChI=1S/C20H29N3O4/c1-13-9-14(2)19(15(3)10-13)22-17(24)11-21-18(25)12-23-7-5-16(6-8-23)20(26)27-4/h9-10,16H,5-8,11-12H2,1-4H3,(H,21,25)(H,22,24). The Hall–Kier alpha value is -2.41. The van der Waals surface area contributed by atoms with Crippen LogP contribution in [0.2, 0.25) is 0 Å². The maximum absolute atomic E-state index is 12.2. The summed E-state index contributed by atoms with van der Waals surface area (Å²) in [6, 6.07) is 4.03. The number of amides is 2. The molecule has 1 aromatic carbocycles. The van der Waals surface area contributed by atoms with Crippen molar-refractivity contribution in [1.29, 1.82) is 0 Å². The Labute approximate surface area is 160 Å². The molecule has 0 bridgehead atoms. The molecule has 1 aromatic rings. The van der Waals surface area contributed by atoms with Crippen molar-refractivity contribution in [2.45, 2.75) is 33.6 Å². The molecule has 1 heterocycles. The van der Waals surface area contributed by atoms with Crippen molar-refractivity contribution >= 4 is 23.5 Å². The second-order valence-electron chi connectivity index (χ2n) is 7.17. The smallest absolute Gasteiger partial charge is 0.308 e. The number of likely N-dealkylation sites (tertiary alicyclic amines) is 1. The molecule has 2 N–H and O–H groups in total. The van der Waals surface area contributed by atoms with Crippen molar-refractivity contribution in [3.63, 3.8) is 0 Å². The van der Waals surface area contributed by atoms with E-state index in [1.165, 1.54) is 7.11 Å². The van der Waals surface area contributed by atoms with Gasteiger partial charge in [0, 0.05) is 5.69 Å². The minimum atomic E-state index is -0.247. The van der Waals surface area contributed by atoms with E-state index in [1.54, 1.807) is 0 Å². The summed E-state index contributed by atoms with van der Waals surface area (Å²) in [5.41, 5.74) is 3.94. The molecule has 27 heavy (non-hydrogen) atoms. The largest absolute Gasteiger partial charge is 0.469 e. The molecule has 2 rings (SSSR count). The molecule has 1 saturated heterocycles. The van der Waals surface area contributed by atoms with Crippen LogP contribution in [-0.4, -0.2) is 56.0 Å². The number of hydrogen-bond donors (Lipinski definition) is 2. The molecule has 0 atom stereocenters. The maximum atomic E-state index is 12.2. The van der Waals surface area contributed by atoms with Crippen LogP contribution in [0.3, 0.4) is 0 Å². The first-order valence-electron chi connectivity index (χ1n) is 9.24. The fraction of sp³-hybridized carbons (Fsp3) is 0.550. The van der Waals surface area contributed by atoms with Gasteiger partial charge in [0.15, 0.2) is 0 Å². The first-order valence-corrected chi connectivity index (χ1v) is 9.24. The molecule has 0 aliphatic carbocycles. The fourth-order valence-electron chi connectivity index (χ4n) is 3.49. The van der Waals surface area contributed by atoms with E-state index in [0.717, 1.165) is 22.4 Å². The second-order valence-corrected chi connectivity index (χ2v) is 7.17. The van der Waals surface area contributed by atoms with Crippen LogP contribution in [0.15, 0.2) is 12.1 Å². The minimum absolute atomic E-state index is 0.0653. The van der Waals surface area contributed by atoms with Gasteiger partial charge in [0.1, 0.15) is 0 Å². The van der Waals surface area contributed by atoms with E-state index in [1.807, 2.05) is 37.8 Å². The van der Waals surface area contributed by atoms with Crippen molar-refractivity contribution < 1.29 is 19.1 Å². The van der Waals surface area contributed by atoms with Gasteiger partial charge in [-0.1, -0.05) is 17.7 Å². The summed E-state index contributed by atoms with van der Waals surface area (Å²) in [7, 11) is 1.40. The lowest BCUT2D eigenvalue weighted by atomic mass is 9.97. The topological polar surface area (TPSA) is 87.7 Å². The summed E-state index contributed by atoms with van der Waals surface area (Å²) >= 11 is 0.